The van der Waals surface area contributed by atoms with Crippen molar-refractivity contribution in [3.63, 3.8) is 0 Å². The fraction of sp³-hybridized carbons (Fsp3) is 0.500. The lowest BCUT2D eigenvalue weighted by Crippen LogP contribution is -1.76. The molecule has 0 aliphatic heterocycles. The first-order chi connectivity index (χ1) is 4.75. The van der Waals surface area contributed by atoms with Crippen LogP contribution in [0.1, 0.15) is 11.5 Å². The molecule has 0 unspecified atom stereocenters. The van der Waals surface area contributed by atoms with Gasteiger partial charge < -0.3 is 8.71 Å². The fourth-order valence-electron chi connectivity index (χ4n) is 0.677. The van der Waals surface area contributed by atoms with Gasteiger partial charge in [-0.15, -0.1) is 0 Å². The highest BCUT2D eigenvalue weighted by Gasteiger charge is 2.08. The minimum absolute atomic E-state index is 0.810. The molecule has 0 saturated heterocycles. The molecule has 0 atom stereocenters. The Morgan fingerprint density at radius 1 is 1.50 bits per heavy atom. The number of aromatic nitrogens is 1. The molecule has 0 aromatic carbocycles. The highest BCUT2D eigenvalue weighted by atomic mass is 32.2. The van der Waals surface area contributed by atoms with E-state index in [9.17, 15) is 0 Å². The van der Waals surface area contributed by atoms with E-state index < -0.39 is 0 Å². The van der Waals surface area contributed by atoms with Crippen LogP contribution in [0.5, 0.6) is 0 Å². The number of hydrogen-bond donors (Lipinski definition) is 0. The maximum Gasteiger partial charge on any atom is 0.149 e. The van der Waals surface area contributed by atoms with Crippen molar-refractivity contribution >= 4 is 12.0 Å². The molecule has 0 bridgehead atoms. The first-order valence-corrected chi connectivity index (χ1v) is 3.63. The Morgan fingerprint density at radius 3 is 2.60 bits per heavy atom. The summed E-state index contributed by atoms with van der Waals surface area (Å²) in [7, 11) is 1.62. The normalized spacial score (nSPS) is 10.3. The van der Waals surface area contributed by atoms with Gasteiger partial charge in [0.2, 0.25) is 0 Å². The van der Waals surface area contributed by atoms with E-state index in [4.69, 9.17) is 8.71 Å². The third kappa shape index (κ3) is 1.33. The van der Waals surface area contributed by atoms with Gasteiger partial charge >= 0.3 is 0 Å². The fourth-order valence-corrected chi connectivity index (χ4v) is 1.16. The average molecular weight is 159 g/mol. The molecule has 1 heterocycles. The molecule has 10 heavy (non-hydrogen) atoms. The molecular formula is C6H9NO2S. The van der Waals surface area contributed by atoms with Crippen LogP contribution in [0.15, 0.2) is 9.42 Å². The zero-order valence-corrected chi connectivity index (χ0v) is 6.99. The SMILES string of the molecule is COSc1c(C)noc1C. The van der Waals surface area contributed by atoms with Gasteiger partial charge in [-0.3, -0.25) is 0 Å². The van der Waals surface area contributed by atoms with Crippen LogP contribution in [0, 0.1) is 13.8 Å². The molecule has 1 aromatic heterocycles. The Bertz CT molecular complexity index is 202. The average Bonchev–Trinajstić information content (AvgIpc) is 2.20. The second-order valence-electron chi connectivity index (χ2n) is 1.90. The summed E-state index contributed by atoms with van der Waals surface area (Å²) in [5.41, 5.74) is 0.879. The standard InChI is InChI=1S/C6H9NO2S/c1-4-6(10-8-3)5(2)9-7-4/h1-3H3. The maximum absolute atomic E-state index is 4.90. The van der Waals surface area contributed by atoms with Gasteiger partial charge in [0.05, 0.1) is 12.8 Å². The van der Waals surface area contributed by atoms with E-state index >= 15 is 0 Å². The highest BCUT2D eigenvalue weighted by Crippen LogP contribution is 2.25. The van der Waals surface area contributed by atoms with Crippen molar-refractivity contribution < 1.29 is 8.71 Å². The van der Waals surface area contributed by atoms with E-state index in [1.54, 1.807) is 7.11 Å². The molecule has 0 amide bonds. The Morgan fingerprint density at radius 2 is 2.20 bits per heavy atom. The van der Waals surface area contributed by atoms with E-state index in [-0.39, 0.29) is 0 Å². The van der Waals surface area contributed by atoms with Crippen molar-refractivity contribution in [3.05, 3.63) is 11.5 Å². The molecule has 0 radical (unpaired) electrons. The van der Waals surface area contributed by atoms with E-state index in [0.29, 0.717) is 0 Å². The Labute approximate surface area is 63.9 Å². The predicted molar refractivity (Wildman–Crippen MR) is 38.8 cm³/mol. The zero-order chi connectivity index (χ0) is 7.56. The largest absolute Gasteiger partial charge is 0.360 e. The molecule has 4 heteroatoms. The van der Waals surface area contributed by atoms with Gasteiger partial charge in [0.15, 0.2) is 0 Å². The second-order valence-corrected chi connectivity index (χ2v) is 2.81. The lowest BCUT2D eigenvalue weighted by molar-refractivity contribution is 0.390. The van der Waals surface area contributed by atoms with Crippen LogP contribution >= 0.6 is 12.0 Å². The third-order valence-corrected chi connectivity index (χ3v) is 2.05. The highest BCUT2D eigenvalue weighted by molar-refractivity contribution is 7.94. The lowest BCUT2D eigenvalue weighted by Gasteiger charge is -1.92. The van der Waals surface area contributed by atoms with Gasteiger partial charge in [-0.05, 0) is 13.8 Å². The molecule has 0 aliphatic rings. The summed E-state index contributed by atoms with van der Waals surface area (Å²) >= 11 is 1.28. The van der Waals surface area contributed by atoms with Crippen LogP contribution in [0.3, 0.4) is 0 Å². The van der Waals surface area contributed by atoms with Gasteiger partial charge in [0, 0.05) is 12.0 Å². The monoisotopic (exact) mass is 159 g/mol. The van der Waals surface area contributed by atoms with Crippen molar-refractivity contribution in [2.75, 3.05) is 7.11 Å². The van der Waals surface area contributed by atoms with Crippen LogP contribution in [-0.2, 0) is 4.18 Å². The Balaban J connectivity index is 2.87. The summed E-state index contributed by atoms with van der Waals surface area (Å²) in [5.74, 6) is 0.810. The van der Waals surface area contributed by atoms with Gasteiger partial charge in [-0.25, -0.2) is 0 Å². The minimum atomic E-state index is 0.810. The summed E-state index contributed by atoms with van der Waals surface area (Å²) in [5, 5.41) is 3.76. The molecule has 56 valence electrons. The molecule has 0 spiro atoms. The molecule has 0 aliphatic carbocycles. The number of rotatable bonds is 2. The van der Waals surface area contributed by atoms with Crippen LogP contribution in [0.4, 0.5) is 0 Å². The Hall–Kier alpha value is -0.480. The van der Waals surface area contributed by atoms with Crippen molar-refractivity contribution in [2.45, 2.75) is 18.7 Å². The lowest BCUT2D eigenvalue weighted by atomic mass is 10.4. The van der Waals surface area contributed by atoms with Crippen molar-refractivity contribution in [2.24, 2.45) is 0 Å². The summed E-state index contributed by atoms with van der Waals surface area (Å²) in [4.78, 5) is 0.975. The quantitative estimate of drug-likeness (QED) is 0.618. The second kappa shape index (κ2) is 3.07. The van der Waals surface area contributed by atoms with E-state index in [2.05, 4.69) is 5.16 Å². The molecule has 0 saturated carbocycles. The summed E-state index contributed by atoms with van der Waals surface area (Å²) in [6, 6.07) is 0. The zero-order valence-electron chi connectivity index (χ0n) is 6.17. The van der Waals surface area contributed by atoms with Gasteiger partial charge in [0.25, 0.3) is 0 Å². The maximum atomic E-state index is 4.90. The van der Waals surface area contributed by atoms with Crippen LogP contribution in [0.25, 0.3) is 0 Å². The first-order valence-electron chi connectivity index (χ1n) is 2.89. The van der Waals surface area contributed by atoms with Crippen molar-refractivity contribution in [3.8, 4) is 0 Å². The van der Waals surface area contributed by atoms with Crippen LogP contribution in [-0.4, -0.2) is 12.3 Å². The minimum Gasteiger partial charge on any atom is -0.360 e. The molecule has 3 nitrogen and oxygen atoms in total. The molecule has 1 rings (SSSR count). The molecule has 0 fully saturated rings. The van der Waals surface area contributed by atoms with Gasteiger partial charge in [0.1, 0.15) is 10.7 Å². The summed E-state index contributed by atoms with van der Waals surface area (Å²) in [6.45, 7) is 3.75. The predicted octanol–water partition coefficient (Wildman–Crippen LogP) is 1.94. The first kappa shape index (κ1) is 7.63. The van der Waals surface area contributed by atoms with Gasteiger partial charge in [-0.2, -0.15) is 0 Å². The smallest absolute Gasteiger partial charge is 0.149 e. The third-order valence-electron chi connectivity index (χ3n) is 1.13. The Kier molecular flexibility index (Phi) is 2.34. The molecule has 1 aromatic rings. The van der Waals surface area contributed by atoms with E-state index in [1.165, 1.54) is 12.0 Å². The van der Waals surface area contributed by atoms with Crippen LogP contribution < -0.4 is 0 Å². The van der Waals surface area contributed by atoms with E-state index in [0.717, 1.165) is 16.3 Å². The van der Waals surface area contributed by atoms with Crippen molar-refractivity contribution in [1.29, 1.82) is 0 Å². The number of aryl methyl sites for hydroxylation is 2. The van der Waals surface area contributed by atoms with Gasteiger partial charge in [-0.1, -0.05) is 5.16 Å². The number of hydrogen-bond acceptors (Lipinski definition) is 4. The molecule has 0 N–H and O–H groups in total. The number of nitrogens with zero attached hydrogens (tertiary/aromatic N) is 1. The molecular weight excluding hydrogens is 150 g/mol. The van der Waals surface area contributed by atoms with Crippen molar-refractivity contribution in [1.82, 2.24) is 5.16 Å². The van der Waals surface area contributed by atoms with E-state index in [1.807, 2.05) is 13.8 Å². The van der Waals surface area contributed by atoms with Crippen LogP contribution in [0.2, 0.25) is 0 Å². The topological polar surface area (TPSA) is 35.3 Å². The summed E-state index contributed by atoms with van der Waals surface area (Å²) in [6.07, 6.45) is 0. The summed E-state index contributed by atoms with van der Waals surface area (Å²) < 4.78 is 9.76.